The Labute approximate surface area is 127 Å². The first-order chi connectivity index (χ1) is 9.66. The maximum absolute atomic E-state index is 10.6. The summed E-state index contributed by atoms with van der Waals surface area (Å²) < 4.78 is 0. The third-order valence-corrected chi connectivity index (χ3v) is 4.24. The van der Waals surface area contributed by atoms with Gasteiger partial charge in [-0.1, -0.05) is 48.0 Å². The van der Waals surface area contributed by atoms with Gasteiger partial charge in [-0.2, -0.15) is 0 Å². The molecule has 0 amide bonds. The van der Waals surface area contributed by atoms with E-state index in [1.54, 1.807) is 17.8 Å². The summed E-state index contributed by atoms with van der Waals surface area (Å²) in [4.78, 5) is 11.6. The summed E-state index contributed by atoms with van der Waals surface area (Å²) in [5, 5.41) is 9.43. The van der Waals surface area contributed by atoms with Crippen LogP contribution in [0.2, 0.25) is 5.02 Å². The molecular formula is C16H13ClO2S. The van der Waals surface area contributed by atoms with Gasteiger partial charge in [0.1, 0.15) is 0 Å². The van der Waals surface area contributed by atoms with E-state index in [4.69, 9.17) is 16.7 Å². The summed E-state index contributed by atoms with van der Waals surface area (Å²) in [6.07, 6.45) is 2.77. The standard InChI is InChI=1S/C16H13ClO2S/c17-14-7-3-4-8-15(14)20-11-13-6-2-1-5-12(13)9-10-16(18)19/h1-10H,11H2,(H,18,19). The monoisotopic (exact) mass is 304 g/mol. The molecule has 0 saturated heterocycles. The lowest BCUT2D eigenvalue weighted by Gasteiger charge is -2.07. The smallest absolute Gasteiger partial charge is 0.328 e. The Hall–Kier alpha value is -1.71. The maximum Gasteiger partial charge on any atom is 0.328 e. The number of aliphatic carboxylic acids is 1. The second kappa shape index (κ2) is 7.17. The summed E-state index contributed by atoms with van der Waals surface area (Å²) in [6, 6.07) is 15.4. The van der Waals surface area contributed by atoms with Gasteiger partial charge < -0.3 is 5.11 Å². The first-order valence-corrected chi connectivity index (χ1v) is 7.39. The second-order valence-corrected chi connectivity index (χ2v) is 5.51. The van der Waals surface area contributed by atoms with E-state index in [0.717, 1.165) is 32.9 Å². The van der Waals surface area contributed by atoms with Crippen LogP contribution in [0.4, 0.5) is 0 Å². The molecule has 2 nitrogen and oxygen atoms in total. The Morgan fingerprint density at radius 1 is 1.15 bits per heavy atom. The van der Waals surface area contributed by atoms with Gasteiger partial charge in [0.15, 0.2) is 0 Å². The summed E-state index contributed by atoms with van der Waals surface area (Å²) in [5.41, 5.74) is 1.99. The van der Waals surface area contributed by atoms with E-state index < -0.39 is 5.97 Å². The van der Waals surface area contributed by atoms with Gasteiger partial charge in [0.05, 0.1) is 5.02 Å². The minimum absolute atomic E-state index is 0.732. The fourth-order valence-electron chi connectivity index (χ4n) is 1.71. The first-order valence-electron chi connectivity index (χ1n) is 6.03. The number of hydrogen-bond donors (Lipinski definition) is 1. The highest BCUT2D eigenvalue weighted by molar-refractivity contribution is 7.98. The molecular weight excluding hydrogens is 292 g/mol. The van der Waals surface area contributed by atoms with Crippen molar-refractivity contribution in [1.82, 2.24) is 0 Å². The molecule has 2 aromatic rings. The Morgan fingerprint density at radius 2 is 1.85 bits per heavy atom. The predicted octanol–water partition coefficient (Wildman–Crippen LogP) is 4.73. The van der Waals surface area contributed by atoms with Crippen molar-refractivity contribution < 1.29 is 9.90 Å². The van der Waals surface area contributed by atoms with Crippen LogP contribution in [-0.4, -0.2) is 11.1 Å². The molecule has 0 aromatic heterocycles. The average Bonchev–Trinajstić information content (AvgIpc) is 2.45. The zero-order chi connectivity index (χ0) is 14.4. The van der Waals surface area contributed by atoms with Gasteiger partial charge in [0, 0.05) is 16.7 Å². The van der Waals surface area contributed by atoms with Crippen molar-refractivity contribution >= 4 is 35.4 Å². The van der Waals surface area contributed by atoms with Crippen molar-refractivity contribution in [2.75, 3.05) is 0 Å². The highest BCUT2D eigenvalue weighted by Gasteiger charge is 2.03. The minimum Gasteiger partial charge on any atom is -0.478 e. The van der Waals surface area contributed by atoms with Crippen LogP contribution in [0.25, 0.3) is 6.08 Å². The SMILES string of the molecule is O=C(O)C=Cc1ccccc1CSc1ccccc1Cl. The maximum atomic E-state index is 10.6. The highest BCUT2D eigenvalue weighted by Crippen LogP contribution is 2.30. The van der Waals surface area contributed by atoms with Crippen LogP contribution in [0.3, 0.4) is 0 Å². The number of carboxylic acid groups (broad SMARTS) is 1. The fourth-order valence-corrected chi connectivity index (χ4v) is 2.96. The predicted molar refractivity (Wildman–Crippen MR) is 84.1 cm³/mol. The molecule has 0 aliphatic rings. The van der Waals surface area contributed by atoms with Crippen LogP contribution in [0.15, 0.2) is 59.5 Å². The number of carbonyl (C=O) groups is 1. The Balaban J connectivity index is 2.14. The largest absolute Gasteiger partial charge is 0.478 e. The van der Waals surface area contributed by atoms with E-state index in [1.165, 1.54) is 0 Å². The number of thioether (sulfide) groups is 1. The molecule has 0 fully saturated rings. The van der Waals surface area contributed by atoms with Crippen molar-refractivity contribution in [3.63, 3.8) is 0 Å². The lowest BCUT2D eigenvalue weighted by atomic mass is 10.1. The number of benzene rings is 2. The van der Waals surface area contributed by atoms with Crippen LogP contribution in [0, 0.1) is 0 Å². The summed E-state index contributed by atoms with van der Waals surface area (Å²) in [7, 11) is 0. The zero-order valence-corrected chi connectivity index (χ0v) is 12.2. The van der Waals surface area contributed by atoms with E-state index >= 15 is 0 Å². The summed E-state index contributed by atoms with van der Waals surface area (Å²) in [5.74, 6) is -0.206. The van der Waals surface area contributed by atoms with Crippen molar-refractivity contribution in [2.45, 2.75) is 10.6 Å². The Kier molecular flexibility index (Phi) is 5.27. The third-order valence-electron chi connectivity index (χ3n) is 2.68. The van der Waals surface area contributed by atoms with Gasteiger partial charge in [0.25, 0.3) is 0 Å². The molecule has 0 saturated carbocycles. The summed E-state index contributed by atoms with van der Waals surface area (Å²) >= 11 is 7.76. The highest BCUT2D eigenvalue weighted by atomic mass is 35.5. The second-order valence-electron chi connectivity index (χ2n) is 4.09. The molecule has 0 heterocycles. The van der Waals surface area contributed by atoms with Crippen molar-refractivity contribution in [3.8, 4) is 0 Å². The molecule has 0 unspecified atom stereocenters. The lowest BCUT2D eigenvalue weighted by molar-refractivity contribution is -0.131. The molecule has 2 rings (SSSR count). The molecule has 4 heteroatoms. The van der Waals surface area contributed by atoms with E-state index in [1.807, 2.05) is 48.5 Å². The van der Waals surface area contributed by atoms with Crippen LogP contribution in [0.5, 0.6) is 0 Å². The van der Waals surface area contributed by atoms with Gasteiger partial charge in [-0.05, 0) is 29.3 Å². The average molecular weight is 305 g/mol. The number of carboxylic acids is 1. The molecule has 0 atom stereocenters. The molecule has 2 aromatic carbocycles. The van der Waals surface area contributed by atoms with Gasteiger partial charge >= 0.3 is 5.97 Å². The van der Waals surface area contributed by atoms with Crippen LogP contribution in [-0.2, 0) is 10.5 Å². The molecule has 102 valence electrons. The first kappa shape index (κ1) is 14.7. The molecule has 20 heavy (non-hydrogen) atoms. The van der Waals surface area contributed by atoms with E-state index in [2.05, 4.69) is 0 Å². The molecule has 0 aliphatic carbocycles. The molecule has 1 N–H and O–H groups in total. The minimum atomic E-state index is -0.946. The van der Waals surface area contributed by atoms with E-state index in [0.29, 0.717) is 0 Å². The molecule has 0 spiro atoms. The fraction of sp³-hybridized carbons (Fsp3) is 0.0625. The van der Waals surface area contributed by atoms with Crippen LogP contribution < -0.4 is 0 Å². The third kappa shape index (κ3) is 4.15. The van der Waals surface area contributed by atoms with Crippen LogP contribution in [0.1, 0.15) is 11.1 Å². The van der Waals surface area contributed by atoms with Crippen molar-refractivity contribution in [2.24, 2.45) is 0 Å². The Morgan fingerprint density at radius 3 is 2.60 bits per heavy atom. The van der Waals surface area contributed by atoms with Gasteiger partial charge in [-0.3, -0.25) is 0 Å². The van der Waals surface area contributed by atoms with Crippen LogP contribution >= 0.6 is 23.4 Å². The summed E-state index contributed by atoms with van der Waals surface area (Å²) in [6.45, 7) is 0. The van der Waals surface area contributed by atoms with Gasteiger partial charge in [-0.15, -0.1) is 11.8 Å². The zero-order valence-electron chi connectivity index (χ0n) is 10.6. The van der Waals surface area contributed by atoms with Crippen molar-refractivity contribution in [1.29, 1.82) is 0 Å². The normalized spacial score (nSPS) is 10.8. The number of hydrogen-bond acceptors (Lipinski definition) is 2. The number of rotatable bonds is 5. The molecule has 0 aliphatic heterocycles. The molecule has 0 bridgehead atoms. The quantitative estimate of drug-likeness (QED) is 0.641. The topological polar surface area (TPSA) is 37.3 Å². The lowest BCUT2D eigenvalue weighted by Crippen LogP contribution is -1.89. The van der Waals surface area contributed by atoms with E-state index in [-0.39, 0.29) is 0 Å². The van der Waals surface area contributed by atoms with E-state index in [9.17, 15) is 4.79 Å². The number of halogens is 1. The van der Waals surface area contributed by atoms with Gasteiger partial charge in [0.2, 0.25) is 0 Å². The Bertz CT molecular complexity index is 638. The van der Waals surface area contributed by atoms with Gasteiger partial charge in [-0.25, -0.2) is 4.79 Å². The molecule has 0 radical (unpaired) electrons. The van der Waals surface area contributed by atoms with Crippen molar-refractivity contribution in [3.05, 3.63) is 70.8 Å².